The first-order valence-corrected chi connectivity index (χ1v) is 5.64. The second kappa shape index (κ2) is 6.03. The fourth-order valence-electron chi connectivity index (χ4n) is 1.39. The minimum absolute atomic E-state index is 0.0355. The first-order chi connectivity index (χ1) is 8.00. The molecule has 0 bridgehead atoms. The maximum atomic E-state index is 11.4. The zero-order valence-electron chi connectivity index (χ0n) is 10.4. The Morgan fingerprint density at radius 2 is 1.82 bits per heavy atom. The molecule has 17 heavy (non-hydrogen) atoms. The van der Waals surface area contributed by atoms with Crippen LogP contribution in [0.3, 0.4) is 0 Å². The highest BCUT2D eigenvalue weighted by molar-refractivity contribution is 6.35. The van der Waals surface area contributed by atoms with E-state index in [-0.39, 0.29) is 6.04 Å². The van der Waals surface area contributed by atoms with Gasteiger partial charge in [0.15, 0.2) is 0 Å². The molecule has 1 rings (SSSR count). The van der Waals surface area contributed by atoms with Crippen LogP contribution in [0.1, 0.15) is 25.0 Å². The number of hydrogen-bond acceptors (Lipinski definition) is 2. The number of benzene rings is 1. The molecule has 0 aliphatic carbocycles. The fraction of sp³-hybridized carbons (Fsp3) is 0.385. The molecular formula is C13H18N2O2. The highest BCUT2D eigenvalue weighted by Gasteiger charge is 2.13. The number of carbonyl (C=O) groups is 2. The van der Waals surface area contributed by atoms with E-state index in [0.717, 1.165) is 11.1 Å². The topological polar surface area (TPSA) is 58.2 Å². The van der Waals surface area contributed by atoms with Crippen LogP contribution in [0.25, 0.3) is 0 Å². The molecule has 4 nitrogen and oxygen atoms in total. The summed E-state index contributed by atoms with van der Waals surface area (Å²) in [5.41, 5.74) is 2.11. The van der Waals surface area contributed by atoms with Crippen molar-refractivity contribution in [3.05, 3.63) is 35.4 Å². The van der Waals surface area contributed by atoms with Crippen molar-refractivity contribution in [1.82, 2.24) is 10.6 Å². The van der Waals surface area contributed by atoms with Crippen LogP contribution in [-0.2, 0) is 16.1 Å². The Bertz CT molecular complexity index is 414. The van der Waals surface area contributed by atoms with Crippen LogP contribution in [0.15, 0.2) is 24.3 Å². The van der Waals surface area contributed by atoms with Gasteiger partial charge in [-0.1, -0.05) is 24.3 Å². The summed E-state index contributed by atoms with van der Waals surface area (Å²) in [5.74, 6) is -1.18. The Hall–Kier alpha value is -1.84. The number of aryl methyl sites for hydroxylation is 1. The summed E-state index contributed by atoms with van der Waals surface area (Å²) in [7, 11) is 0. The molecule has 0 atom stereocenters. The minimum atomic E-state index is -0.595. The molecule has 0 spiro atoms. The molecule has 0 aliphatic rings. The molecule has 4 heteroatoms. The third-order valence-corrected chi connectivity index (χ3v) is 2.33. The molecule has 0 aromatic heterocycles. The lowest BCUT2D eigenvalue weighted by atomic mass is 10.1. The van der Waals surface area contributed by atoms with Crippen molar-refractivity contribution in [2.24, 2.45) is 0 Å². The van der Waals surface area contributed by atoms with Crippen molar-refractivity contribution in [3.8, 4) is 0 Å². The van der Waals surface area contributed by atoms with Crippen LogP contribution < -0.4 is 10.6 Å². The summed E-state index contributed by atoms with van der Waals surface area (Å²) in [6, 6.07) is 7.70. The van der Waals surface area contributed by atoms with Crippen molar-refractivity contribution in [2.45, 2.75) is 33.4 Å². The van der Waals surface area contributed by atoms with Crippen molar-refractivity contribution < 1.29 is 9.59 Å². The van der Waals surface area contributed by atoms with E-state index in [1.807, 2.05) is 45.0 Å². The lowest BCUT2D eigenvalue weighted by Crippen LogP contribution is -2.42. The highest BCUT2D eigenvalue weighted by Crippen LogP contribution is 2.05. The van der Waals surface area contributed by atoms with Gasteiger partial charge < -0.3 is 10.6 Å². The standard InChI is InChI=1S/C13H18N2O2/c1-9(2)15-13(17)12(16)14-8-11-7-5-4-6-10(11)3/h4-7,9H,8H2,1-3H3,(H,14,16)(H,15,17). The Labute approximate surface area is 101 Å². The summed E-state index contributed by atoms with van der Waals surface area (Å²) in [6.07, 6.45) is 0. The second-order valence-corrected chi connectivity index (χ2v) is 4.24. The number of nitrogens with one attached hydrogen (secondary N) is 2. The summed E-state index contributed by atoms with van der Waals surface area (Å²) in [4.78, 5) is 22.8. The van der Waals surface area contributed by atoms with Gasteiger partial charge in [0.25, 0.3) is 0 Å². The van der Waals surface area contributed by atoms with Gasteiger partial charge in [0.05, 0.1) is 0 Å². The van der Waals surface area contributed by atoms with E-state index < -0.39 is 11.8 Å². The monoisotopic (exact) mass is 234 g/mol. The maximum Gasteiger partial charge on any atom is 0.309 e. The molecule has 0 unspecified atom stereocenters. The average Bonchev–Trinajstić information content (AvgIpc) is 2.26. The van der Waals surface area contributed by atoms with E-state index in [2.05, 4.69) is 10.6 Å². The average molecular weight is 234 g/mol. The Balaban J connectivity index is 2.49. The lowest BCUT2D eigenvalue weighted by molar-refractivity contribution is -0.139. The molecule has 0 fully saturated rings. The van der Waals surface area contributed by atoms with Crippen LogP contribution in [0.4, 0.5) is 0 Å². The quantitative estimate of drug-likeness (QED) is 0.770. The van der Waals surface area contributed by atoms with Crippen LogP contribution >= 0.6 is 0 Å². The number of amides is 2. The summed E-state index contributed by atoms with van der Waals surface area (Å²) < 4.78 is 0. The largest absolute Gasteiger partial charge is 0.346 e. The van der Waals surface area contributed by atoms with Crippen LogP contribution in [0.5, 0.6) is 0 Å². The van der Waals surface area contributed by atoms with Gasteiger partial charge >= 0.3 is 11.8 Å². The van der Waals surface area contributed by atoms with Crippen molar-refractivity contribution in [3.63, 3.8) is 0 Å². The van der Waals surface area contributed by atoms with E-state index in [1.165, 1.54) is 0 Å². The van der Waals surface area contributed by atoms with Gasteiger partial charge in [0.1, 0.15) is 0 Å². The summed E-state index contributed by atoms with van der Waals surface area (Å²) >= 11 is 0. The van der Waals surface area contributed by atoms with Crippen LogP contribution in [-0.4, -0.2) is 17.9 Å². The van der Waals surface area contributed by atoms with Gasteiger partial charge in [-0.3, -0.25) is 9.59 Å². The van der Waals surface area contributed by atoms with Gasteiger partial charge in [-0.15, -0.1) is 0 Å². The molecule has 0 heterocycles. The molecular weight excluding hydrogens is 216 g/mol. The molecule has 1 aromatic rings. The summed E-state index contributed by atoms with van der Waals surface area (Å²) in [6.45, 7) is 5.96. The first kappa shape index (κ1) is 13.2. The number of hydrogen-bond donors (Lipinski definition) is 2. The van der Waals surface area contributed by atoms with Gasteiger partial charge in [-0.2, -0.15) is 0 Å². The molecule has 0 saturated heterocycles. The molecule has 0 saturated carbocycles. The van der Waals surface area contributed by atoms with E-state index in [0.29, 0.717) is 6.54 Å². The third kappa shape index (κ3) is 4.26. The minimum Gasteiger partial charge on any atom is -0.346 e. The highest BCUT2D eigenvalue weighted by atomic mass is 16.2. The normalized spacial score (nSPS) is 10.1. The first-order valence-electron chi connectivity index (χ1n) is 5.64. The Morgan fingerprint density at radius 1 is 1.18 bits per heavy atom. The summed E-state index contributed by atoms with van der Waals surface area (Å²) in [5, 5.41) is 5.14. The van der Waals surface area contributed by atoms with E-state index in [4.69, 9.17) is 0 Å². The molecule has 2 N–H and O–H groups in total. The SMILES string of the molecule is Cc1ccccc1CNC(=O)C(=O)NC(C)C. The van der Waals surface area contributed by atoms with Gasteiger partial charge in [-0.25, -0.2) is 0 Å². The van der Waals surface area contributed by atoms with E-state index in [9.17, 15) is 9.59 Å². The Morgan fingerprint density at radius 3 is 2.41 bits per heavy atom. The molecule has 92 valence electrons. The van der Waals surface area contributed by atoms with E-state index >= 15 is 0 Å². The van der Waals surface area contributed by atoms with Crippen molar-refractivity contribution >= 4 is 11.8 Å². The number of rotatable bonds is 3. The van der Waals surface area contributed by atoms with Crippen molar-refractivity contribution in [2.75, 3.05) is 0 Å². The zero-order chi connectivity index (χ0) is 12.8. The molecule has 1 aromatic carbocycles. The van der Waals surface area contributed by atoms with Crippen LogP contribution in [0.2, 0.25) is 0 Å². The predicted octanol–water partition coefficient (Wildman–Crippen LogP) is 1.14. The number of carbonyl (C=O) groups excluding carboxylic acids is 2. The Kier molecular flexibility index (Phi) is 4.69. The molecule has 2 amide bonds. The molecule has 0 aliphatic heterocycles. The predicted molar refractivity (Wildman–Crippen MR) is 66.3 cm³/mol. The second-order valence-electron chi connectivity index (χ2n) is 4.24. The van der Waals surface area contributed by atoms with Gasteiger partial charge in [-0.05, 0) is 31.9 Å². The third-order valence-electron chi connectivity index (χ3n) is 2.33. The maximum absolute atomic E-state index is 11.4. The lowest BCUT2D eigenvalue weighted by Gasteiger charge is -2.09. The van der Waals surface area contributed by atoms with Gasteiger partial charge in [0, 0.05) is 12.6 Å². The molecule has 0 radical (unpaired) electrons. The van der Waals surface area contributed by atoms with Gasteiger partial charge in [0.2, 0.25) is 0 Å². The van der Waals surface area contributed by atoms with Crippen molar-refractivity contribution in [1.29, 1.82) is 0 Å². The van der Waals surface area contributed by atoms with Crippen LogP contribution in [0, 0.1) is 6.92 Å². The smallest absolute Gasteiger partial charge is 0.309 e. The zero-order valence-corrected chi connectivity index (χ0v) is 10.4. The fourth-order valence-corrected chi connectivity index (χ4v) is 1.39. The van der Waals surface area contributed by atoms with E-state index in [1.54, 1.807) is 0 Å².